The van der Waals surface area contributed by atoms with Crippen LogP contribution in [0.2, 0.25) is 0 Å². The highest BCUT2D eigenvalue weighted by Crippen LogP contribution is 2.19. The highest BCUT2D eigenvalue weighted by Gasteiger charge is 2.16. The summed E-state index contributed by atoms with van der Waals surface area (Å²) in [6, 6.07) is 7.02. The van der Waals surface area contributed by atoms with Gasteiger partial charge in [-0.15, -0.1) is 0 Å². The number of piperazine rings is 1. The van der Waals surface area contributed by atoms with Crippen molar-refractivity contribution >= 4 is 5.69 Å². The van der Waals surface area contributed by atoms with Gasteiger partial charge in [0.05, 0.1) is 5.56 Å². The molecule has 1 fully saturated rings. The van der Waals surface area contributed by atoms with E-state index in [1.54, 1.807) is 6.07 Å². The third kappa shape index (κ3) is 2.15. The standard InChI is InChI=1S/C12H14FN3/c1-9-8-16(5-4-15-9)11-3-2-10(7-14)12(13)6-11/h2-3,6,9,15H,4-5,8H2,1H3/t9-/m1/s1. The number of nitrogens with zero attached hydrogens (tertiary/aromatic N) is 2. The molecule has 2 rings (SSSR count). The molecule has 0 spiro atoms. The van der Waals surface area contributed by atoms with Crippen LogP contribution in [0, 0.1) is 17.1 Å². The van der Waals surface area contributed by atoms with E-state index < -0.39 is 5.82 Å². The van der Waals surface area contributed by atoms with Gasteiger partial charge in [-0.1, -0.05) is 0 Å². The molecule has 0 aliphatic carbocycles. The molecule has 1 N–H and O–H groups in total. The van der Waals surface area contributed by atoms with Crippen LogP contribution in [-0.4, -0.2) is 25.7 Å². The van der Waals surface area contributed by atoms with Gasteiger partial charge in [0.1, 0.15) is 11.9 Å². The van der Waals surface area contributed by atoms with Crippen molar-refractivity contribution < 1.29 is 4.39 Å². The van der Waals surface area contributed by atoms with E-state index in [1.807, 2.05) is 6.07 Å². The van der Waals surface area contributed by atoms with Crippen molar-refractivity contribution in [3.63, 3.8) is 0 Å². The highest BCUT2D eigenvalue weighted by molar-refractivity contribution is 5.51. The predicted molar refractivity (Wildman–Crippen MR) is 60.8 cm³/mol. The molecule has 3 nitrogen and oxygen atoms in total. The van der Waals surface area contributed by atoms with Crippen LogP contribution in [0.25, 0.3) is 0 Å². The van der Waals surface area contributed by atoms with Crippen LogP contribution in [-0.2, 0) is 0 Å². The van der Waals surface area contributed by atoms with E-state index in [0.717, 1.165) is 25.3 Å². The topological polar surface area (TPSA) is 39.1 Å². The SMILES string of the molecule is C[C@@H]1CN(c2ccc(C#N)c(F)c2)CCN1. The molecular formula is C12H14FN3. The molecule has 1 aliphatic rings. The molecule has 16 heavy (non-hydrogen) atoms. The van der Waals surface area contributed by atoms with Gasteiger partial charge in [0.15, 0.2) is 0 Å². The van der Waals surface area contributed by atoms with Crippen molar-refractivity contribution in [2.45, 2.75) is 13.0 Å². The number of rotatable bonds is 1. The lowest BCUT2D eigenvalue weighted by molar-refractivity contribution is 0.484. The third-order valence-electron chi connectivity index (χ3n) is 2.81. The number of nitrogens with one attached hydrogen (secondary N) is 1. The van der Waals surface area contributed by atoms with E-state index in [0.29, 0.717) is 6.04 Å². The van der Waals surface area contributed by atoms with Crippen LogP contribution >= 0.6 is 0 Å². The summed E-state index contributed by atoms with van der Waals surface area (Å²) in [6.07, 6.45) is 0. The van der Waals surface area contributed by atoms with Crippen LogP contribution in [0.15, 0.2) is 18.2 Å². The molecule has 84 valence electrons. The largest absolute Gasteiger partial charge is 0.369 e. The van der Waals surface area contributed by atoms with Crippen molar-refractivity contribution in [1.29, 1.82) is 5.26 Å². The maximum Gasteiger partial charge on any atom is 0.143 e. The Morgan fingerprint density at radius 3 is 3.00 bits per heavy atom. The first kappa shape index (κ1) is 10.9. The molecular weight excluding hydrogens is 205 g/mol. The normalized spacial score (nSPS) is 20.6. The van der Waals surface area contributed by atoms with Crippen molar-refractivity contribution in [2.75, 3.05) is 24.5 Å². The molecule has 0 bridgehead atoms. The number of halogens is 1. The van der Waals surface area contributed by atoms with Gasteiger partial charge < -0.3 is 10.2 Å². The van der Waals surface area contributed by atoms with Crippen LogP contribution in [0.3, 0.4) is 0 Å². The summed E-state index contributed by atoms with van der Waals surface area (Å²) in [6.45, 7) is 4.75. The number of benzene rings is 1. The molecule has 0 amide bonds. The van der Waals surface area contributed by atoms with Gasteiger partial charge in [0, 0.05) is 31.4 Å². The zero-order chi connectivity index (χ0) is 11.5. The van der Waals surface area contributed by atoms with Gasteiger partial charge in [-0.05, 0) is 25.1 Å². The van der Waals surface area contributed by atoms with E-state index in [2.05, 4.69) is 17.1 Å². The predicted octanol–water partition coefficient (Wildman–Crippen LogP) is 1.50. The maximum absolute atomic E-state index is 13.4. The van der Waals surface area contributed by atoms with E-state index in [-0.39, 0.29) is 5.56 Å². The quantitative estimate of drug-likeness (QED) is 0.778. The summed E-state index contributed by atoms with van der Waals surface area (Å²) in [5.41, 5.74) is 0.955. The molecule has 1 heterocycles. The number of anilines is 1. The Morgan fingerprint density at radius 1 is 1.56 bits per heavy atom. The van der Waals surface area contributed by atoms with Crippen molar-refractivity contribution in [3.8, 4) is 6.07 Å². The fourth-order valence-electron chi connectivity index (χ4n) is 1.96. The molecule has 0 saturated carbocycles. The minimum absolute atomic E-state index is 0.104. The molecule has 0 radical (unpaired) electrons. The maximum atomic E-state index is 13.4. The Hall–Kier alpha value is -1.60. The first-order chi connectivity index (χ1) is 7.70. The van der Waals surface area contributed by atoms with E-state index >= 15 is 0 Å². The molecule has 1 atom stereocenters. The second kappa shape index (κ2) is 4.50. The van der Waals surface area contributed by atoms with Crippen molar-refractivity contribution in [2.24, 2.45) is 0 Å². The first-order valence-corrected chi connectivity index (χ1v) is 5.38. The highest BCUT2D eigenvalue weighted by atomic mass is 19.1. The van der Waals surface area contributed by atoms with Gasteiger partial charge in [-0.2, -0.15) is 5.26 Å². The van der Waals surface area contributed by atoms with Crippen LogP contribution in [0.4, 0.5) is 10.1 Å². The smallest absolute Gasteiger partial charge is 0.143 e. The van der Waals surface area contributed by atoms with E-state index in [9.17, 15) is 4.39 Å². The molecule has 1 aromatic rings. The molecule has 4 heteroatoms. The van der Waals surface area contributed by atoms with Gasteiger partial charge in [-0.25, -0.2) is 4.39 Å². The number of hydrogen-bond acceptors (Lipinski definition) is 3. The molecule has 1 aliphatic heterocycles. The van der Waals surface area contributed by atoms with Gasteiger partial charge >= 0.3 is 0 Å². The van der Waals surface area contributed by atoms with E-state index in [4.69, 9.17) is 5.26 Å². The van der Waals surface area contributed by atoms with Crippen molar-refractivity contribution in [1.82, 2.24) is 5.32 Å². The van der Waals surface area contributed by atoms with Gasteiger partial charge in [0.2, 0.25) is 0 Å². The van der Waals surface area contributed by atoms with Crippen molar-refractivity contribution in [3.05, 3.63) is 29.6 Å². The molecule has 1 saturated heterocycles. The Balaban J connectivity index is 2.21. The van der Waals surface area contributed by atoms with Gasteiger partial charge in [0.25, 0.3) is 0 Å². The summed E-state index contributed by atoms with van der Waals surface area (Å²) in [7, 11) is 0. The fourth-order valence-corrected chi connectivity index (χ4v) is 1.96. The Morgan fingerprint density at radius 2 is 2.38 bits per heavy atom. The second-order valence-corrected chi connectivity index (χ2v) is 4.08. The Bertz CT molecular complexity index is 425. The van der Waals surface area contributed by atoms with Crippen LogP contribution < -0.4 is 10.2 Å². The van der Waals surface area contributed by atoms with Crippen LogP contribution in [0.1, 0.15) is 12.5 Å². The lowest BCUT2D eigenvalue weighted by Gasteiger charge is -2.33. The molecule has 1 aromatic carbocycles. The second-order valence-electron chi connectivity index (χ2n) is 4.08. The minimum Gasteiger partial charge on any atom is -0.369 e. The number of nitriles is 1. The lowest BCUT2D eigenvalue weighted by Crippen LogP contribution is -2.49. The first-order valence-electron chi connectivity index (χ1n) is 5.38. The average molecular weight is 219 g/mol. The monoisotopic (exact) mass is 219 g/mol. The third-order valence-corrected chi connectivity index (χ3v) is 2.81. The summed E-state index contributed by atoms with van der Waals surface area (Å²) >= 11 is 0. The molecule has 0 unspecified atom stereocenters. The summed E-state index contributed by atoms with van der Waals surface area (Å²) in [5.74, 6) is -0.439. The Labute approximate surface area is 94.5 Å². The van der Waals surface area contributed by atoms with Gasteiger partial charge in [-0.3, -0.25) is 0 Å². The molecule has 0 aromatic heterocycles. The summed E-state index contributed by atoms with van der Waals surface area (Å²) < 4.78 is 13.4. The lowest BCUT2D eigenvalue weighted by atomic mass is 10.1. The average Bonchev–Trinajstić information content (AvgIpc) is 2.29. The number of hydrogen-bond donors (Lipinski definition) is 1. The van der Waals surface area contributed by atoms with E-state index in [1.165, 1.54) is 12.1 Å². The zero-order valence-electron chi connectivity index (χ0n) is 9.20. The minimum atomic E-state index is -0.439. The summed E-state index contributed by atoms with van der Waals surface area (Å²) in [5, 5.41) is 12.0. The zero-order valence-corrected chi connectivity index (χ0v) is 9.20. The van der Waals surface area contributed by atoms with Crippen LogP contribution in [0.5, 0.6) is 0 Å². The Kier molecular flexibility index (Phi) is 3.07. The summed E-state index contributed by atoms with van der Waals surface area (Å²) in [4.78, 5) is 2.13. The fraction of sp³-hybridized carbons (Fsp3) is 0.417.